The van der Waals surface area contributed by atoms with E-state index in [1.165, 1.54) is 35.0 Å². The zero-order valence-corrected chi connectivity index (χ0v) is 12.6. The molecule has 1 amide bonds. The maximum absolute atomic E-state index is 13.6. The summed E-state index contributed by atoms with van der Waals surface area (Å²) in [5.74, 6) is -0.564. The van der Waals surface area contributed by atoms with Crippen molar-refractivity contribution in [2.45, 2.75) is 12.3 Å². The first-order chi connectivity index (χ1) is 9.47. The molecule has 1 saturated heterocycles. The van der Waals surface area contributed by atoms with Gasteiger partial charge >= 0.3 is 0 Å². The molecule has 1 aromatic rings. The van der Waals surface area contributed by atoms with Crippen LogP contribution in [-0.4, -0.2) is 53.4 Å². The third kappa shape index (κ3) is 2.95. The van der Waals surface area contributed by atoms with Gasteiger partial charge < -0.3 is 4.90 Å². The maximum Gasteiger partial charge on any atom is 0.259 e. The zero-order chi connectivity index (χ0) is 14.8. The van der Waals surface area contributed by atoms with Crippen molar-refractivity contribution in [2.75, 3.05) is 23.8 Å². The minimum atomic E-state index is -3.39. The third-order valence-electron chi connectivity index (χ3n) is 3.15. The van der Waals surface area contributed by atoms with Gasteiger partial charge in [0.2, 0.25) is 5.95 Å². The number of carbonyl (C=O) groups is 1. The quantitative estimate of drug-likeness (QED) is 0.783. The van der Waals surface area contributed by atoms with Crippen LogP contribution in [0.4, 0.5) is 4.39 Å². The number of rotatable bonds is 3. The van der Waals surface area contributed by atoms with Crippen molar-refractivity contribution in [3.8, 4) is 0 Å². The second kappa shape index (κ2) is 6.09. The van der Waals surface area contributed by atoms with Gasteiger partial charge in [-0.3, -0.25) is 4.79 Å². The second-order valence-electron chi connectivity index (χ2n) is 4.32. The van der Waals surface area contributed by atoms with E-state index in [-0.39, 0.29) is 11.3 Å². The highest BCUT2D eigenvalue weighted by molar-refractivity contribution is 8.01. The maximum atomic E-state index is 13.6. The van der Waals surface area contributed by atoms with Crippen LogP contribution >= 0.6 is 11.8 Å². The van der Waals surface area contributed by atoms with Gasteiger partial charge in [-0.2, -0.15) is 16.2 Å². The van der Waals surface area contributed by atoms with E-state index >= 15 is 0 Å². The average Bonchev–Trinajstić information content (AvgIpc) is 2.47. The third-order valence-corrected chi connectivity index (χ3v) is 6.44. The molecule has 0 saturated carbocycles. The van der Waals surface area contributed by atoms with Gasteiger partial charge in [-0.05, 0) is 12.1 Å². The Hall–Kier alpha value is -1.15. The smallest absolute Gasteiger partial charge is 0.259 e. The van der Waals surface area contributed by atoms with Gasteiger partial charge in [-0.1, -0.05) is 6.92 Å². The molecule has 0 N–H and O–H groups in total. The Kier molecular flexibility index (Phi) is 4.64. The number of nitrogens with zero attached hydrogens (tertiary/aromatic N) is 2. The van der Waals surface area contributed by atoms with E-state index in [4.69, 9.17) is 0 Å². The Morgan fingerprint density at radius 1 is 1.60 bits per heavy atom. The number of hydrogen-bond acceptors (Lipinski definition) is 5. The van der Waals surface area contributed by atoms with Gasteiger partial charge in [0.1, 0.15) is 5.37 Å². The minimum Gasteiger partial charge on any atom is -0.320 e. The Morgan fingerprint density at radius 3 is 3.00 bits per heavy atom. The first kappa shape index (κ1) is 15.2. The number of thioether (sulfide) groups is 1. The van der Waals surface area contributed by atoms with Crippen LogP contribution in [0.5, 0.6) is 0 Å². The normalized spacial score (nSPS) is 19.9. The molecule has 20 heavy (non-hydrogen) atoms. The summed E-state index contributed by atoms with van der Waals surface area (Å²) in [5.41, 5.74) is -0.185. The van der Waals surface area contributed by atoms with Crippen molar-refractivity contribution >= 4 is 27.5 Å². The molecule has 2 heterocycles. The van der Waals surface area contributed by atoms with Crippen molar-refractivity contribution < 1.29 is 17.6 Å². The van der Waals surface area contributed by atoms with Crippen molar-refractivity contribution in [3.05, 3.63) is 29.8 Å². The number of aromatic nitrogens is 1. The largest absolute Gasteiger partial charge is 0.320 e. The monoisotopic (exact) mass is 318 g/mol. The van der Waals surface area contributed by atoms with Crippen LogP contribution in [0.15, 0.2) is 18.3 Å². The molecule has 0 aliphatic carbocycles. The average molecular weight is 318 g/mol. The molecule has 1 aromatic heterocycles. The molecule has 0 radical (unpaired) electrons. The zero-order valence-electron chi connectivity index (χ0n) is 11.0. The summed E-state index contributed by atoms with van der Waals surface area (Å²) >= 11 is 1.48. The van der Waals surface area contributed by atoms with Gasteiger partial charge in [-0.15, -0.1) is 0 Å². The molecule has 8 heteroatoms. The summed E-state index contributed by atoms with van der Waals surface area (Å²) in [6, 6.07) is 2.78. The SMILES string of the molecule is CCS(=O)(=O)C1CSCCN1C(=O)c1cccnc1F. The molecule has 0 spiro atoms. The van der Waals surface area contributed by atoms with E-state index in [1.807, 2.05) is 0 Å². The van der Waals surface area contributed by atoms with E-state index in [1.54, 1.807) is 6.92 Å². The molecule has 1 aliphatic rings. The Morgan fingerprint density at radius 2 is 2.35 bits per heavy atom. The van der Waals surface area contributed by atoms with Crippen LogP contribution in [0.3, 0.4) is 0 Å². The molecule has 1 unspecified atom stereocenters. The van der Waals surface area contributed by atoms with E-state index in [0.29, 0.717) is 18.1 Å². The summed E-state index contributed by atoms with van der Waals surface area (Å²) < 4.78 is 37.7. The van der Waals surface area contributed by atoms with Gasteiger partial charge in [0, 0.05) is 30.0 Å². The number of sulfone groups is 1. The summed E-state index contributed by atoms with van der Waals surface area (Å²) in [6.07, 6.45) is 1.25. The summed E-state index contributed by atoms with van der Waals surface area (Å²) in [7, 11) is -3.39. The van der Waals surface area contributed by atoms with Crippen LogP contribution in [0.25, 0.3) is 0 Å². The fourth-order valence-corrected chi connectivity index (χ4v) is 4.97. The number of amides is 1. The van der Waals surface area contributed by atoms with Crippen LogP contribution in [0.2, 0.25) is 0 Å². The van der Waals surface area contributed by atoms with E-state index in [9.17, 15) is 17.6 Å². The number of pyridine rings is 1. The summed E-state index contributed by atoms with van der Waals surface area (Å²) in [4.78, 5) is 17.0. The lowest BCUT2D eigenvalue weighted by Crippen LogP contribution is -2.50. The van der Waals surface area contributed by atoms with Gasteiger partial charge in [0.15, 0.2) is 9.84 Å². The lowest BCUT2D eigenvalue weighted by Gasteiger charge is -2.34. The molecule has 0 bridgehead atoms. The first-order valence-corrected chi connectivity index (χ1v) is 9.05. The van der Waals surface area contributed by atoms with Crippen molar-refractivity contribution in [3.63, 3.8) is 0 Å². The summed E-state index contributed by atoms with van der Waals surface area (Å²) in [5, 5.41) is -0.890. The Bertz CT molecular complexity index is 606. The predicted molar refractivity (Wildman–Crippen MR) is 75.8 cm³/mol. The molecule has 5 nitrogen and oxygen atoms in total. The van der Waals surface area contributed by atoms with Gasteiger partial charge in [0.05, 0.1) is 5.56 Å². The number of carbonyl (C=O) groups excluding carboxylic acids is 1. The van der Waals surface area contributed by atoms with Crippen LogP contribution < -0.4 is 0 Å². The second-order valence-corrected chi connectivity index (χ2v) is 7.92. The van der Waals surface area contributed by atoms with E-state index in [0.717, 1.165) is 0 Å². The van der Waals surface area contributed by atoms with Crippen molar-refractivity contribution in [1.82, 2.24) is 9.88 Å². The highest BCUT2D eigenvalue weighted by atomic mass is 32.2. The fourth-order valence-electron chi connectivity index (χ4n) is 2.00. The Labute approximate surface area is 121 Å². The van der Waals surface area contributed by atoms with Crippen molar-refractivity contribution in [2.24, 2.45) is 0 Å². The van der Waals surface area contributed by atoms with Crippen molar-refractivity contribution in [1.29, 1.82) is 0 Å². The molecule has 1 aliphatic heterocycles. The predicted octanol–water partition coefficient (Wildman–Crippen LogP) is 1.17. The standard InChI is InChI=1S/C12H15FN2O3S2/c1-2-20(17,18)10-8-19-7-6-15(10)12(16)9-4-3-5-14-11(9)13/h3-5,10H,2,6-8H2,1H3. The van der Waals surface area contributed by atoms with Gasteiger partial charge in [0.25, 0.3) is 5.91 Å². The first-order valence-electron chi connectivity index (χ1n) is 6.18. The highest BCUT2D eigenvalue weighted by Crippen LogP contribution is 2.23. The molecule has 110 valence electrons. The molecule has 1 fully saturated rings. The topological polar surface area (TPSA) is 67.3 Å². The van der Waals surface area contributed by atoms with Crippen LogP contribution in [-0.2, 0) is 9.84 Å². The molecular formula is C12H15FN2O3S2. The van der Waals surface area contributed by atoms with Crippen LogP contribution in [0.1, 0.15) is 17.3 Å². The van der Waals surface area contributed by atoms with E-state index in [2.05, 4.69) is 4.98 Å². The lowest BCUT2D eigenvalue weighted by atomic mass is 10.2. The summed E-state index contributed by atoms with van der Waals surface area (Å²) in [6.45, 7) is 1.84. The minimum absolute atomic E-state index is 0.0441. The molecule has 1 atom stereocenters. The lowest BCUT2D eigenvalue weighted by molar-refractivity contribution is 0.0743. The number of hydrogen-bond donors (Lipinski definition) is 0. The fraction of sp³-hybridized carbons (Fsp3) is 0.500. The Balaban J connectivity index is 2.34. The van der Waals surface area contributed by atoms with Crippen LogP contribution in [0, 0.1) is 5.95 Å². The molecule has 0 aromatic carbocycles. The van der Waals surface area contributed by atoms with E-state index < -0.39 is 27.1 Å². The molecular weight excluding hydrogens is 303 g/mol. The molecule has 2 rings (SSSR count). The highest BCUT2D eigenvalue weighted by Gasteiger charge is 2.36. The van der Waals surface area contributed by atoms with Gasteiger partial charge in [-0.25, -0.2) is 13.4 Å². The number of halogens is 1.